The van der Waals surface area contributed by atoms with Crippen molar-refractivity contribution < 1.29 is 0 Å². The van der Waals surface area contributed by atoms with Crippen LogP contribution < -0.4 is 5.32 Å². The smallest absolute Gasteiger partial charge is 0.0309 e. The molecule has 0 radical (unpaired) electrons. The second-order valence-electron chi connectivity index (χ2n) is 6.95. The summed E-state index contributed by atoms with van der Waals surface area (Å²) in [6, 6.07) is 0.883. The Morgan fingerprint density at radius 3 is 2.44 bits per heavy atom. The summed E-state index contributed by atoms with van der Waals surface area (Å²) in [5, 5.41) is 3.83. The monoisotopic (exact) mass is 222 g/mol. The minimum absolute atomic E-state index is 0.495. The Labute approximate surface area is 99.8 Å². The van der Waals surface area contributed by atoms with Gasteiger partial charge in [-0.3, -0.25) is 4.90 Å². The first kappa shape index (κ1) is 11.0. The van der Waals surface area contributed by atoms with E-state index in [-0.39, 0.29) is 0 Å². The highest BCUT2D eigenvalue weighted by Crippen LogP contribution is 2.49. The maximum atomic E-state index is 3.83. The van der Waals surface area contributed by atoms with Gasteiger partial charge in [0.1, 0.15) is 0 Å². The van der Waals surface area contributed by atoms with Gasteiger partial charge < -0.3 is 5.32 Å². The van der Waals surface area contributed by atoms with Crippen LogP contribution in [0.3, 0.4) is 0 Å². The fourth-order valence-corrected chi connectivity index (χ4v) is 3.88. The molecule has 0 aromatic heterocycles. The third-order valence-corrected chi connectivity index (χ3v) is 5.12. The molecule has 0 bridgehead atoms. The van der Waals surface area contributed by atoms with Gasteiger partial charge in [0, 0.05) is 31.2 Å². The van der Waals surface area contributed by atoms with E-state index in [0.717, 1.165) is 6.04 Å². The summed E-state index contributed by atoms with van der Waals surface area (Å²) in [5.41, 5.74) is 1.10. The molecule has 0 aromatic rings. The molecule has 0 amide bonds. The van der Waals surface area contributed by atoms with Crippen LogP contribution in [0.25, 0.3) is 0 Å². The number of hydrogen-bond donors (Lipinski definition) is 1. The predicted molar refractivity (Wildman–Crippen MR) is 67.6 cm³/mol. The summed E-state index contributed by atoms with van der Waals surface area (Å²) in [6.45, 7) is 8.66. The van der Waals surface area contributed by atoms with Crippen LogP contribution in [0.15, 0.2) is 0 Å². The van der Waals surface area contributed by atoms with Gasteiger partial charge in [0.25, 0.3) is 0 Å². The number of piperazine rings is 1. The van der Waals surface area contributed by atoms with E-state index >= 15 is 0 Å². The second-order valence-corrected chi connectivity index (χ2v) is 6.95. The van der Waals surface area contributed by atoms with Crippen LogP contribution in [0, 0.1) is 5.41 Å². The first-order chi connectivity index (χ1) is 7.61. The highest BCUT2D eigenvalue weighted by atomic mass is 15.3. The topological polar surface area (TPSA) is 15.3 Å². The first-order valence-electron chi connectivity index (χ1n) is 7.11. The Hall–Kier alpha value is -0.0800. The lowest BCUT2D eigenvalue weighted by Gasteiger charge is -2.46. The molecule has 1 spiro atoms. The average molecular weight is 222 g/mol. The van der Waals surface area contributed by atoms with Crippen molar-refractivity contribution in [2.45, 2.75) is 64.0 Å². The highest BCUT2D eigenvalue weighted by Gasteiger charge is 2.51. The molecule has 3 fully saturated rings. The lowest BCUT2D eigenvalue weighted by molar-refractivity contribution is 0.0857. The second kappa shape index (κ2) is 3.71. The van der Waals surface area contributed by atoms with Gasteiger partial charge in [-0.2, -0.15) is 0 Å². The highest BCUT2D eigenvalue weighted by molar-refractivity contribution is 5.07. The summed E-state index contributed by atoms with van der Waals surface area (Å²) in [7, 11) is 0. The van der Waals surface area contributed by atoms with E-state index in [2.05, 4.69) is 24.1 Å². The Kier molecular flexibility index (Phi) is 2.56. The van der Waals surface area contributed by atoms with Crippen LogP contribution in [-0.2, 0) is 0 Å². The molecule has 1 atom stereocenters. The van der Waals surface area contributed by atoms with Gasteiger partial charge in [0.15, 0.2) is 0 Å². The number of hydrogen-bond acceptors (Lipinski definition) is 2. The lowest BCUT2D eigenvalue weighted by Crippen LogP contribution is -2.61. The summed E-state index contributed by atoms with van der Waals surface area (Å²) in [5.74, 6) is 0. The Bertz CT molecular complexity index is 260. The standard InChI is InChI=1S/C14H26N2/c1-13(2)10-12(13)16-9-8-15-14(11-16)6-4-3-5-7-14/h12,15H,3-11H2,1-2H3. The summed E-state index contributed by atoms with van der Waals surface area (Å²) in [4.78, 5) is 2.78. The number of nitrogens with one attached hydrogen (secondary N) is 1. The molecule has 1 heterocycles. The molecule has 3 rings (SSSR count). The Balaban J connectivity index is 1.65. The van der Waals surface area contributed by atoms with Crippen molar-refractivity contribution in [1.82, 2.24) is 10.2 Å². The molecular formula is C14H26N2. The van der Waals surface area contributed by atoms with Crippen molar-refractivity contribution in [3.05, 3.63) is 0 Å². The van der Waals surface area contributed by atoms with Crippen molar-refractivity contribution in [3.63, 3.8) is 0 Å². The van der Waals surface area contributed by atoms with Crippen molar-refractivity contribution in [3.8, 4) is 0 Å². The van der Waals surface area contributed by atoms with Crippen molar-refractivity contribution in [1.29, 1.82) is 0 Å². The van der Waals surface area contributed by atoms with Gasteiger partial charge in [-0.25, -0.2) is 0 Å². The molecule has 0 aromatic carbocycles. The molecule has 2 heteroatoms. The van der Waals surface area contributed by atoms with Gasteiger partial charge in [-0.1, -0.05) is 33.1 Å². The molecule has 3 aliphatic rings. The molecule has 92 valence electrons. The normalized spacial score (nSPS) is 37.5. The molecular weight excluding hydrogens is 196 g/mol. The van der Waals surface area contributed by atoms with Gasteiger partial charge >= 0.3 is 0 Å². The van der Waals surface area contributed by atoms with Gasteiger partial charge in [-0.05, 0) is 24.7 Å². The van der Waals surface area contributed by atoms with E-state index in [4.69, 9.17) is 0 Å². The maximum absolute atomic E-state index is 3.83. The van der Waals surface area contributed by atoms with E-state index in [1.165, 1.54) is 58.2 Å². The van der Waals surface area contributed by atoms with Gasteiger partial charge in [0.05, 0.1) is 0 Å². The zero-order chi connectivity index (χ0) is 11.2. The molecule has 2 saturated carbocycles. The van der Waals surface area contributed by atoms with Crippen molar-refractivity contribution in [2.24, 2.45) is 5.41 Å². The summed E-state index contributed by atoms with van der Waals surface area (Å²) >= 11 is 0. The van der Waals surface area contributed by atoms with E-state index in [9.17, 15) is 0 Å². The fraction of sp³-hybridized carbons (Fsp3) is 1.00. The third kappa shape index (κ3) is 1.91. The zero-order valence-corrected chi connectivity index (χ0v) is 10.9. The Morgan fingerprint density at radius 1 is 1.12 bits per heavy atom. The number of nitrogens with zero attached hydrogens (tertiary/aromatic N) is 1. The van der Waals surface area contributed by atoms with E-state index < -0.39 is 0 Å². The SMILES string of the molecule is CC1(C)CC1N1CCNC2(CCCCC2)C1. The zero-order valence-electron chi connectivity index (χ0n) is 10.9. The lowest BCUT2D eigenvalue weighted by atomic mass is 9.80. The van der Waals surface area contributed by atoms with Crippen LogP contribution in [0.1, 0.15) is 52.4 Å². The minimum atomic E-state index is 0.495. The third-order valence-electron chi connectivity index (χ3n) is 5.12. The largest absolute Gasteiger partial charge is 0.309 e. The van der Waals surface area contributed by atoms with Crippen LogP contribution in [0.2, 0.25) is 0 Å². The molecule has 1 aliphatic heterocycles. The first-order valence-corrected chi connectivity index (χ1v) is 7.11. The summed E-state index contributed by atoms with van der Waals surface area (Å²) in [6.07, 6.45) is 8.58. The van der Waals surface area contributed by atoms with E-state index in [1.807, 2.05) is 0 Å². The number of rotatable bonds is 1. The molecule has 16 heavy (non-hydrogen) atoms. The van der Waals surface area contributed by atoms with Gasteiger partial charge in [0.2, 0.25) is 0 Å². The average Bonchev–Trinajstić information content (AvgIpc) is 2.89. The van der Waals surface area contributed by atoms with Crippen molar-refractivity contribution >= 4 is 0 Å². The molecule has 2 aliphatic carbocycles. The maximum Gasteiger partial charge on any atom is 0.0309 e. The van der Waals surface area contributed by atoms with Gasteiger partial charge in [-0.15, -0.1) is 0 Å². The Morgan fingerprint density at radius 2 is 1.81 bits per heavy atom. The fourth-order valence-electron chi connectivity index (χ4n) is 3.88. The molecule has 2 nitrogen and oxygen atoms in total. The van der Waals surface area contributed by atoms with Crippen LogP contribution in [0.5, 0.6) is 0 Å². The van der Waals surface area contributed by atoms with Crippen molar-refractivity contribution in [2.75, 3.05) is 19.6 Å². The molecule has 1 saturated heterocycles. The van der Waals surface area contributed by atoms with Crippen LogP contribution in [-0.4, -0.2) is 36.1 Å². The predicted octanol–water partition coefficient (Wildman–Crippen LogP) is 2.39. The molecule has 1 N–H and O–H groups in total. The summed E-state index contributed by atoms with van der Waals surface area (Å²) < 4.78 is 0. The van der Waals surface area contributed by atoms with E-state index in [0.29, 0.717) is 11.0 Å². The quantitative estimate of drug-likeness (QED) is 0.733. The minimum Gasteiger partial charge on any atom is -0.309 e. The van der Waals surface area contributed by atoms with Crippen LogP contribution >= 0.6 is 0 Å². The van der Waals surface area contributed by atoms with Crippen LogP contribution in [0.4, 0.5) is 0 Å². The van der Waals surface area contributed by atoms with E-state index in [1.54, 1.807) is 0 Å². The molecule has 1 unspecified atom stereocenters.